The topological polar surface area (TPSA) is 49.6 Å². The monoisotopic (exact) mass is 229 g/mol. The summed E-state index contributed by atoms with van der Waals surface area (Å²) in [5, 5.41) is 9.05. The van der Waals surface area contributed by atoms with Crippen LogP contribution in [0.4, 0.5) is 0 Å². The number of nitriles is 1. The van der Waals surface area contributed by atoms with Crippen LogP contribution in [0.1, 0.15) is 68.8 Å². The van der Waals surface area contributed by atoms with Gasteiger partial charge in [-0.3, -0.25) is 0 Å². The van der Waals surface area contributed by atoms with Crippen molar-refractivity contribution in [3.8, 4) is 6.07 Å². The van der Waals surface area contributed by atoms with Gasteiger partial charge >= 0.3 is 0 Å². The minimum absolute atomic E-state index is 0.154. The fourth-order valence-electron chi connectivity index (χ4n) is 2.51. The highest BCUT2D eigenvalue weighted by Crippen LogP contribution is 2.31. The molecule has 1 aliphatic carbocycles. The van der Waals surface area contributed by atoms with E-state index in [1.54, 1.807) is 0 Å². The highest BCUT2D eigenvalue weighted by Gasteiger charge is 2.19. The lowest BCUT2D eigenvalue weighted by molar-refractivity contribution is 0.434. The molecule has 3 heteroatoms. The molecule has 1 fully saturated rings. The van der Waals surface area contributed by atoms with Crippen molar-refractivity contribution < 1.29 is 0 Å². The van der Waals surface area contributed by atoms with Crippen LogP contribution in [0.2, 0.25) is 0 Å². The quantitative estimate of drug-likeness (QED) is 0.796. The van der Waals surface area contributed by atoms with Gasteiger partial charge < -0.3 is 0 Å². The summed E-state index contributed by atoms with van der Waals surface area (Å²) in [6, 6.07) is 4.29. The van der Waals surface area contributed by atoms with Crippen LogP contribution in [0.25, 0.3) is 0 Å². The highest BCUT2D eigenvalue weighted by atomic mass is 14.9. The van der Waals surface area contributed by atoms with Gasteiger partial charge in [0.15, 0.2) is 0 Å². The summed E-state index contributed by atoms with van der Waals surface area (Å²) in [5.41, 5.74) is 1.14. The van der Waals surface area contributed by atoms with E-state index in [4.69, 9.17) is 5.26 Å². The van der Waals surface area contributed by atoms with Crippen molar-refractivity contribution in [2.24, 2.45) is 0 Å². The van der Waals surface area contributed by atoms with E-state index in [2.05, 4.69) is 16.0 Å². The van der Waals surface area contributed by atoms with Gasteiger partial charge in [0.25, 0.3) is 0 Å². The van der Waals surface area contributed by atoms with Gasteiger partial charge in [-0.2, -0.15) is 5.26 Å². The Kier molecular flexibility index (Phi) is 4.08. The molecule has 1 aromatic heterocycles. The Balaban J connectivity index is 2.18. The number of hydrogen-bond acceptors (Lipinski definition) is 3. The zero-order valence-corrected chi connectivity index (χ0v) is 10.4. The first-order chi connectivity index (χ1) is 8.35. The zero-order valence-electron chi connectivity index (χ0n) is 10.4. The number of hydrogen-bond donors (Lipinski definition) is 0. The van der Waals surface area contributed by atoms with E-state index >= 15 is 0 Å². The first kappa shape index (κ1) is 12.0. The fraction of sp³-hybridized carbons (Fsp3) is 0.643. The Morgan fingerprint density at radius 1 is 1.41 bits per heavy atom. The lowest BCUT2D eigenvalue weighted by atomic mass is 9.87. The molecule has 0 aromatic carbocycles. The van der Waals surface area contributed by atoms with Crippen molar-refractivity contribution in [2.75, 3.05) is 0 Å². The van der Waals surface area contributed by atoms with Crippen LogP contribution >= 0.6 is 0 Å². The highest BCUT2D eigenvalue weighted by molar-refractivity contribution is 5.14. The minimum atomic E-state index is -0.154. The van der Waals surface area contributed by atoms with Gasteiger partial charge in [0.2, 0.25) is 0 Å². The Morgan fingerprint density at radius 2 is 2.18 bits per heavy atom. The summed E-state index contributed by atoms with van der Waals surface area (Å²) in [5.74, 6) is 1.14. The average Bonchev–Trinajstić information content (AvgIpc) is 2.42. The third-order valence-corrected chi connectivity index (χ3v) is 3.59. The molecule has 1 heterocycles. The van der Waals surface area contributed by atoms with Crippen LogP contribution in [0, 0.1) is 11.3 Å². The predicted octanol–water partition coefficient (Wildman–Crippen LogP) is 3.54. The third kappa shape index (κ3) is 2.82. The summed E-state index contributed by atoms with van der Waals surface area (Å²) in [6.45, 7) is 2.00. The van der Waals surface area contributed by atoms with E-state index in [-0.39, 0.29) is 5.92 Å². The standard InChI is InChI=1S/C14H19N3/c1-2-11(10-15)14-16-9-8-13(17-14)12-6-4-3-5-7-12/h8-9,11-12H,2-7H2,1H3. The summed E-state index contributed by atoms with van der Waals surface area (Å²) < 4.78 is 0. The molecule has 0 saturated heterocycles. The maximum absolute atomic E-state index is 9.05. The Bertz CT molecular complexity index is 402. The molecule has 1 unspecified atom stereocenters. The van der Waals surface area contributed by atoms with Crippen molar-refractivity contribution in [2.45, 2.75) is 57.3 Å². The zero-order chi connectivity index (χ0) is 12.1. The predicted molar refractivity (Wildman–Crippen MR) is 66.5 cm³/mol. The molecule has 1 aliphatic rings. The molecule has 0 bridgehead atoms. The summed E-state index contributed by atoms with van der Waals surface area (Å²) >= 11 is 0. The van der Waals surface area contributed by atoms with Crippen LogP contribution in [-0.4, -0.2) is 9.97 Å². The van der Waals surface area contributed by atoms with E-state index in [1.165, 1.54) is 32.1 Å². The molecule has 3 nitrogen and oxygen atoms in total. The Hall–Kier alpha value is -1.43. The lowest BCUT2D eigenvalue weighted by Crippen LogP contribution is -2.10. The summed E-state index contributed by atoms with van der Waals surface area (Å²) in [4.78, 5) is 8.85. The SMILES string of the molecule is CCC(C#N)c1nccc(C2CCCCC2)n1. The molecule has 0 spiro atoms. The van der Waals surface area contributed by atoms with E-state index in [0.29, 0.717) is 11.7 Å². The van der Waals surface area contributed by atoms with Crippen LogP contribution in [0.15, 0.2) is 12.3 Å². The molecule has 1 aromatic rings. The second-order valence-electron chi connectivity index (χ2n) is 4.76. The molecule has 1 atom stereocenters. The van der Waals surface area contributed by atoms with E-state index < -0.39 is 0 Å². The van der Waals surface area contributed by atoms with Gasteiger partial charge in [-0.15, -0.1) is 0 Å². The van der Waals surface area contributed by atoms with Gasteiger partial charge in [0, 0.05) is 17.8 Å². The molecular formula is C14H19N3. The number of nitrogens with zero attached hydrogens (tertiary/aromatic N) is 3. The van der Waals surface area contributed by atoms with E-state index in [1.807, 2.05) is 19.2 Å². The second kappa shape index (κ2) is 5.77. The van der Waals surface area contributed by atoms with Gasteiger partial charge in [0.05, 0.1) is 6.07 Å². The summed E-state index contributed by atoms with van der Waals surface area (Å²) in [7, 11) is 0. The van der Waals surface area contributed by atoms with Crippen molar-refractivity contribution in [1.29, 1.82) is 5.26 Å². The number of aromatic nitrogens is 2. The average molecular weight is 229 g/mol. The van der Waals surface area contributed by atoms with Gasteiger partial charge in [-0.1, -0.05) is 26.2 Å². The molecule has 2 rings (SSSR count). The first-order valence-corrected chi connectivity index (χ1v) is 6.57. The molecular weight excluding hydrogens is 210 g/mol. The van der Waals surface area contributed by atoms with E-state index in [9.17, 15) is 0 Å². The normalized spacial score (nSPS) is 18.6. The van der Waals surface area contributed by atoms with E-state index in [0.717, 1.165) is 12.1 Å². The molecule has 90 valence electrons. The number of rotatable bonds is 3. The molecule has 17 heavy (non-hydrogen) atoms. The maximum atomic E-state index is 9.05. The minimum Gasteiger partial charge on any atom is -0.240 e. The van der Waals surface area contributed by atoms with Crippen LogP contribution < -0.4 is 0 Å². The van der Waals surface area contributed by atoms with Gasteiger partial charge in [-0.25, -0.2) is 9.97 Å². The van der Waals surface area contributed by atoms with Crippen LogP contribution in [0.3, 0.4) is 0 Å². The molecule has 1 saturated carbocycles. The maximum Gasteiger partial charge on any atom is 0.145 e. The molecule has 0 radical (unpaired) electrons. The third-order valence-electron chi connectivity index (χ3n) is 3.59. The second-order valence-corrected chi connectivity index (χ2v) is 4.76. The van der Waals surface area contributed by atoms with Crippen molar-refractivity contribution in [3.05, 3.63) is 23.8 Å². The fourth-order valence-corrected chi connectivity index (χ4v) is 2.51. The Morgan fingerprint density at radius 3 is 2.82 bits per heavy atom. The van der Waals surface area contributed by atoms with Crippen molar-refractivity contribution in [1.82, 2.24) is 9.97 Å². The van der Waals surface area contributed by atoms with Crippen molar-refractivity contribution in [3.63, 3.8) is 0 Å². The van der Waals surface area contributed by atoms with Crippen LogP contribution in [0.5, 0.6) is 0 Å². The summed E-state index contributed by atoms with van der Waals surface area (Å²) in [6.07, 6.45) is 9.03. The van der Waals surface area contributed by atoms with Gasteiger partial charge in [-0.05, 0) is 25.3 Å². The van der Waals surface area contributed by atoms with Crippen molar-refractivity contribution >= 4 is 0 Å². The first-order valence-electron chi connectivity index (χ1n) is 6.57. The molecule has 0 amide bonds. The smallest absolute Gasteiger partial charge is 0.145 e. The van der Waals surface area contributed by atoms with Gasteiger partial charge in [0.1, 0.15) is 11.7 Å². The largest absolute Gasteiger partial charge is 0.240 e. The van der Waals surface area contributed by atoms with Crippen LogP contribution in [-0.2, 0) is 0 Å². The lowest BCUT2D eigenvalue weighted by Gasteiger charge is -2.21. The molecule has 0 N–H and O–H groups in total. The molecule has 0 aliphatic heterocycles. The Labute approximate surface area is 103 Å².